The van der Waals surface area contributed by atoms with Crippen LogP contribution >= 0.6 is 11.8 Å². The Labute approximate surface area is 101 Å². The van der Waals surface area contributed by atoms with Crippen molar-refractivity contribution in [1.29, 1.82) is 0 Å². The first kappa shape index (κ1) is 13.0. The highest BCUT2D eigenvalue weighted by atomic mass is 32.2. The molecule has 0 aliphatic rings. The van der Waals surface area contributed by atoms with Gasteiger partial charge in [0, 0.05) is 22.9 Å². The lowest BCUT2D eigenvalue weighted by molar-refractivity contribution is -0.116. The molecule has 3 nitrogen and oxygen atoms in total. The molecule has 0 fully saturated rings. The average Bonchev–Trinajstić information content (AvgIpc) is 2.18. The van der Waals surface area contributed by atoms with Crippen molar-refractivity contribution in [2.45, 2.75) is 31.9 Å². The van der Waals surface area contributed by atoms with Gasteiger partial charge in [0.2, 0.25) is 0 Å². The van der Waals surface area contributed by atoms with E-state index in [-0.39, 0.29) is 10.5 Å². The van der Waals surface area contributed by atoms with Crippen molar-refractivity contribution in [1.82, 2.24) is 4.98 Å². The number of nitrogens with two attached hydrogens (primary N) is 1. The Hall–Kier alpha value is -1.03. The first-order valence-electron chi connectivity index (χ1n) is 5.23. The van der Waals surface area contributed by atoms with Gasteiger partial charge < -0.3 is 5.73 Å². The maximum Gasteiger partial charge on any atom is 0.147 e. The summed E-state index contributed by atoms with van der Waals surface area (Å²) in [6.07, 6.45) is 2.01. The Morgan fingerprint density at radius 1 is 1.50 bits per heavy atom. The molecule has 1 rings (SSSR count). The molecule has 4 heteroatoms. The molecule has 0 amide bonds. The average molecular weight is 238 g/mol. The molecule has 0 bridgehead atoms. The van der Waals surface area contributed by atoms with Crippen molar-refractivity contribution in [2.75, 3.05) is 11.5 Å². The Morgan fingerprint density at radius 3 is 2.75 bits per heavy atom. The van der Waals surface area contributed by atoms with Crippen molar-refractivity contribution < 1.29 is 4.79 Å². The van der Waals surface area contributed by atoms with E-state index in [2.05, 4.69) is 25.8 Å². The van der Waals surface area contributed by atoms with Crippen molar-refractivity contribution in [3.05, 3.63) is 23.9 Å². The minimum Gasteiger partial charge on any atom is -0.383 e. The van der Waals surface area contributed by atoms with Crippen LogP contribution in [0.2, 0.25) is 0 Å². The Balaban J connectivity index is 2.50. The fourth-order valence-corrected chi connectivity index (χ4v) is 1.86. The molecule has 1 aromatic rings. The van der Waals surface area contributed by atoms with Gasteiger partial charge in [-0.25, -0.2) is 4.98 Å². The number of carbonyl (C=O) groups excluding carboxylic acids is 1. The molecular weight excluding hydrogens is 220 g/mol. The summed E-state index contributed by atoms with van der Waals surface area (Å²) in [5.41, 5.74) is 6.50. The minimum atomic E-state index is 0.121. The van der Waals surface area contributed by atoms with Gasteiger partial charge in [0.1, 0.15) is 11.6 Å². The second-order valence-electron chi connectivity index (χ2n) is 4.66. The van der Waals surface area contributed by atoms with E-state index in [4.69, 9.17) is 5.73 Å². The Bertz CT molecular complexity index is 372. The van der Waals surface area contributed by atoms with E-state index >= 15 is 0 Å². The highest BCUT2D eigenvalue weighted by Crippen LogP contribution is 2.23. The number of thioether (sulfide) groups is 1. The maximum absolute atomic E-state index is 11.7. The lowest BCUT2D eigenvalue weighted by Gasteiger charge is -2.16. The maximum atomic E-state index is 11.7. The number of carbonyl (C=O) groups is 1. The first-order chi connectivity index (χ1) is 7.38. The number of hydrogen-bond acceptors (Lipinski definition) is 4. The minimum absolute atomic E-state index is 0.121. The third-order valence-electron chi connectivity index (χ3n) is 1.98. The van der Waals surface area contributed by atoms with Gasteiger partial charge in [-0.2, -0.15) is 0 Å². The number of ketones is 1. The quantitative estimate of drug-likeness (QED) is 0.874. The van der Waals surface area contributed by atoms with Crippen LogP contribution in [-0.2, 0) is 11.2 Å². The molecule has 0 saturated carbocycles. The number of hydrogen-bond donors (Lipinski definition) is 1. The summed E-state index contributed by atoms with van der Waals surface area (Å²) in [4.78, 5) is 15.7. The summed E-state index contributed by atoms with van der Waals surface area (Å²) < 4.78 is 0.121. The van der Waals surface area contributed by atoms with Crippen molar-refractivity contribution in [2.24, 2.45) is 0 Å². The van der Waals surface area contributed by atoms with E-state index in [1.165, 1.54) is 0 Å². The van der Waals surface area contributed by atoms with Gasteiger partial charge in [0.05, 0.1) is 5.75 Å². The zero-order chi connectivity index (χ0) is 12.2. The van der Waals surface area contributed by atoms with Crippen LogP contribution in [0.5, 0.6) is 0 Å². The van der Waals surface area contributed by atoms with Gasteiger partial charge in [-0.1, -0.05) is 26.8 Å². The number of rotatable bonds is 4. The standard InChI is InChI=1S/C12H18N2OS/c1-12(2,3)16-8-10(15)7-9-5-4-6-14-11(9)13/h4-6H,7-8H2,1-3H3,(H2,13,14). The third kappa shape index (κ3) is 4.66. The van der Waals surface area contributed by atoms with Gasteiger partial charge in [0.25, 0.3) is 0 Å². The fraction of sp³-hybridized carbons (Fsp3) is 0.500. The summed E-state index contributed by atoms with van der Waals surface area (Å²) >= 11 is 1.66. The molecule has 16 heavy (non-hydrogen) atoms. The number of nitrogen functional groups attached to an aromatic ring is 1. The highest BCUT2D eigenvalue weighted by molar-refractivity contribution is 8.01. The van der Waals surface area contributed by atoms with Crippen molar-refractivity contribution in [3.63, 3.8) is 0 Å². The zero-order valence-electron chi connectivity index (χ0n) is 9.99. The summed E-state index contributed by atoms with van der Waals surface area (Å²) in [6, 6.07) is 3.65. The second-order valence-corrected chi connectivity index (χ2v) is 6.47. The van der Waals surface area contributed by atoms with Crippen LogP contribution < -0.4 is 5.73 Å². The van der Waals surface area contributed by atoms with Crippen LogP contribution in [0, 0.1) is 0 Å². The van der Waals surface area contributed by atoms with Crippen LogP contribution in [0.15, 0.2) is 18.3 Å². The lowest BCUT2D eigenvalue weighted by Crippen LogP contribution is -2.15. The fourth-order valence-electron chi connectivity index (χ4n) is 1.16. The van der Waals surface area contributed by atoms with E-state index in [9.17, 15) is 4.79 Å². The molecule has 0 spiro atoms. The summed E-state index contributed by atoms with van der Waals surface area (Å²) in [7, 11) is 0. The van der Waals surface area contributed by atoms with Crippen LogP contribution in [0.25, 0.3) is 0 Å². The molecule has 0 unspecified atom stereocenters. The van der Waals surface area contributed by atoms with Crippen molar-refractivity contribution >= 4 is 23.4 Å². The predicted octanol–water partition coefficient (Wildman–Crippen LogP) is 2.31. The molecule has 0 atom stereocenters. The molecule has 0 aliphatic heterocycles. The summed E-state index contributed by atoms with van der Waals surface area (Å²) in [6.45, 7) is 6.30. The normalized spacial score (nSPS) is 11.4. The first-order valence-corrected chi connectivity index (χ1v) is 6.22. The van der Waals surface area contributed by atoms with E-state index in [1.54, 1.807) is 24.0 Å². The summed E-state index contributed by atoms with van der Waals surface area (Å²) in [5, 5.41) is 0. The molecule has 88 valence electrons. The van der Waals surface area contributed by atoms with Gasteiger partial charge in [-0.3, -0.25) is 4.79 Å². The highest BCUT2D eigenvalue weighted by Gasteiger charge is 2.14. The van der Waals surface area contributed by atoms with Crippen molar-refractivity contribution in [3.8, 4) is 0 Å². The third-order valence-corrected chi connectivity index (χ3v) is 3.31. The van der Waals surface area contributed by atoms with E-state index in [1.807, 2.05) is 6.07 Å². The molecule has 0 saturated heterocycles. The largest absolute Gasteiger partial charge is 0.383 e. The van der Waals surface area contributed by atoms with Gasteiger partial charge in [-0.05, 0) is 6.07 Å². The zero-order valence-corrected chi connectivity index (χ0v) is 10.8. The Kier molecular flexibility index (Phi) is 4.35. The number of aromatic nitrogens is 1. The molecule has 1 heterocycles. The van der Waals surface area contributed by atoms with Crippen LogP contribution in [-0.4, -0.2) is 21.3 Å². The number of anilines is 1. The molecule has 0 radical (unpaired) electrons. The topological polar surface area (TPSA) is 56.0 Å². The predicted molar refractivity (Wildman–Crippen MR) is 69.6 cm³/mol. The molecular formula is C12H18N2OS. The van der Waals surface area contributed by atoms with Gasteiger partial charge in [0.15, 0.2) is 0 Å². The summed E-state index contributed by atoms with van der Waals surface area (Å²) in [5.74, 6) is 1.17. The smallest absolute Gasteiger partial charge is 0.147 e. The number of nitrogens with zero attached hydrogens (tertiary/aromatic N) is 1. The van der Waals surface area contributed by atoms with E-state index in [0.717, 1.165) is 5.56 Å². The monoisotopic (exact) mass is 238 g/mol. The second kappa shape index (κ2) is 5.34. The lowest BCUT2D eigenvalue weighted by atomic mass is 10.1. The van der Waals surface area contributed by atoms with Gasteiger partial charge in [-0.15, -0.1) is 11.8 Å². The molecule has 0 aliphatic carbocycles. The van der Waals surface area contributed by atoms with Gasteiger partial charge >= 0.3 is 0 Å². The Morgan fingerprint density at radius 2 is 2.19 bits per heavy atom. The van der Waals surface area contributed by atoms with E-state index < -0.39 is 0 Å². The molecule has 2 N–H and O–H groups in total. The number of Topliss-reactive ketones (excluding diaryl/α,β-unsaturated/α-hetero) is 1. The SMILES string of the molecule is CC(C)(C)SCC(=O)Cc1cccnc1N. The number of pyridine rings is 1. The van der Waals surface area contributed by atoms with Crippen LogP contribution in [0.3, 0.4) is 0 Å². The van der Waals surface area contributed by atoms with E-state index in [0.29, 0.717) is 18.0 Å². The molecule has 0 aromatic carbocycles. The van der Waals surface area contributed by atoms with Crippen LogP contribution in [0.4, 0.5) is 5.82 Å². The molecule has 1 aromatic heterocycles. The van der Waals surface area contributed by atoms with Crippen LogP contribution in [0.1, 0.15) is 26.3 Å².